The average molecular weight is 395 g/mol. The van der Waals surface area contributed by atoms with E-state index in [9.17, 15) is 14.4 Å². The van der Waals surface area contributed by atoms with Gasteiger partial charge in [0.1, 0.15) is 23.3 Å². The topological polar surface area (TPSA) is 106 Å². The summed E-state index contributed by atoms with van der Waals surface area (Å²) >= 11 is 0. The van der Waals surface area contributed by atoms with Gasteiger partial charge in [-0.3, -0.25) is 14.9 Å². The average Bonchev–Trinajstić information content (AvgIpc) is 3.19. The normalized spacial score (nSPS) is 13.2. The molecule has 1 aliphatic heterocycles. The van der Waals surface area contributed by atoms with E-state index >= 15 is 0 Å². The van der Waals surface area contributed by atoms with Crippen molar-refractivity contribution in [3.63, 3.8) is 0 Å². The van der Waals surface area contributed by atoms with Crippen molar-refractivity contribution in [2.24, 2.45) is 7.05 Å². The summed E-state index contributed by atoms with van der Waals surface area (Å²) in [4.78, 5) is 40.9. The van der Waals surface area contributed by atoms with Gasteiger partial charge in [0.25, 0.3) is 5.91 Å². The van der Waals surface area contributed by atoms with Crippen molar-refractivity contribution in [3.05, 3.63) is 47.0 Å². The third-order valence-electron chi connectivity index (χ3n) is 4.69. The number of carbonyl (C=O) groups excluding carboxylic acids is 3. The Kier molecular flexibility index (Phi) is 5.83. The van der Waals surface area contributed by atoms with Crippen LogP contribution in [0.2, 0.25) is 0 Å². The van der Waals surface area contributed by atoms with Crippen LogP contribution in [0, 0.1) is 18.8 Å². The minimum Gasteiger partial charge on any atom is -0.497 e. The van der Waals surface area contributed by atoms with Crippen LogP contribution in [0.25, 0.3) is 0 Å². The summed E-state index contributed by atoms with van der Waals surface area (Å²) in [7, 11) is 3.38. The number of carbonyl (C=O) groups is 3. The Bertz CT molecular complexity index is 1020. The molecule has 0 bridgehead atoms. The molecule has 0 spiro atoms. The number of hydrogen-bond acceptors (Lipinski definition) is 5. The maximum atomic E-state index is 12.8. The van der Waals surface area contributed by atoms with Crippen molar-refractivity contribution in [2.75, 3.05) is 13.7 Å². The van der Waals surface area contributed by atoms with E-state index in [4.69, 9.17) is 4.74 Å². The molecule has 1 aromatic heterocycles. The van der Waals surface area contributed by atoms with Crippen LogP contribution in [0.5, 0.6) is 5.75 Å². The molecule has 2 aromatic rings. The van der Waals surface area contributed by atoms with E-state index in [2.05, 4.69) is 22.1 Å². The Balaban J connectivity index is 1.80. The minimum absolute atomic E-state index is 0.159. The van der Waals surface area contributed by atoms with Gasteiger partial charge in [0.15, 0.2) is 0 Å². The van der Waals surface area contributed by atoms with Crippen molar-refractivity contribution >= 4 is 18.3 Å². The first-order valence-corrected chi connectivity index (χ1v) is 8.89. The Hall–Kier alpha value is -3.80. The zero-order chi connectivity index (χ0) is 21.0. The number of aromatic nitrogens is 2. The van der Waals surface area contributed by atoms with E-state index in [1.54, 1.807) is 30.3 Å². The third kappa shape index (κ3) is 4.38. The van der Waals surface area contributed by atoms with E-state index in [0.717, 1.165) is 11.4 Å². The molecule has 0 saturated heterocycles. The van der Waals surface area contributed by atoms with Gasteiger partial charge in [-0.15, -0.1) is 0 Å². The van der Waals surface area contributed by atoms with Crippen LogP contribution in [0.15, 0.2) is 24.4 Å². The third-order valence-corrected chi connectivity index (χ3v) is 4.69. The van der Waals surface area contributed by atoms with Crippen LogP contribution >= 0.6 is 0 Å². The molecule has 0 radical (unpaired) electrons. The quantitative estimate of drug-likeness (QED) is 0.569. The summed E-state index contributed by atoms with van der Waals surface area (Å²) in [5, 5.41) is 4.63. The van der Waals surface area contributed by atoms with Gasteiger partial charge in [0.05, 0.1) is 19.9 Å². The van der Waals surface area contributed by atoms with Crippen molar-refractivity contribution in [1.29, 1.82) is 0 Å². The van der Waals surface area contributed by atoms with E-state index in [1.807, 2.05) is 29.9 Å². The first-order valence-electron chi connectivity index (χ1n) is 8.89. The lowest BCUT2D eigenvalue weighted by Gasteiger charge is -2.21. The number of methoxy groups -OCH3 is 1. The fourth-order valence-corrected chi connectivity index (χ4v) is 3.00. The first kappa shape index (κ1) is 19.9. The van der Waals surface area contributed by atoms with Gasteiger partial charge in [-0.05, 0) is 30.5 Å². The molecule has 150 valence electrons. The molecule has 2 N–H and O–H groups in total. The molecule has 0 unspecified atom stereocenters. The maximum absolute atomic E-state index is 12.8. The number of urea groups is 1. The van der Waals surface area contributed by atoms with Crippen LogP contribution in [0.4, 0.5) is 4.79 Å². The number of nitrogens with one attached hydrogen (secondary N) is 2. The number of nitrogens with zero attached hydrogens (tertiary/aromatic N) is 3. The number of rotatable bonds is 5. The Morgan fingerprint density at radius 2 is 2.24 bits per heavy atom. The highest BCUT2D eigenvalue weighted by molar-refractivity contribution is 5.98. The molecule has 0 fully saturated rings. The van der Waals surface area contributed by atoms with Crippen LogP contribution in [0.3, 0.4) is 0 Å². The molecule has 1 atom stereocenters. The highest BCUT2D eigenvalue weighted by atomic mass is 16.5. The molecular weight excluding hydrogens is 374 g/mol. The Morgan fingerprint density at radius 3 is 2.90 bits per heavy atom. The standard InChI is InChI=1S/C20H21N5O4/c1-13-21-9-16(24(13)2)6-5-15(23-20(28)22-12-26)11-25-10-14-4-7-17(29-3)8-18(14)19(25)27/h4,7-9,12,15H,10-11H2,1-3H3,(H2,22,23,26,28)/t15-/m1/s1. The van der Waals surface area contributed by atoms with Gasteiger partial charge in [-0.2, -0.15) is 0 Å². The van der Waals surface area contributed by atoms with Crippen molar-refractivity contribution in [3.8, 4) is 17.6 Å². The van der Waals surface area contributed by atoms with Crippen LogP contribution in [-0.4, -0.2) is 52.5 Å². The van der Waals surface area contributed by atoms with Crippen molar-refractivity contribution < 1.29 is 19.1 Å². The monoisotopic (exact) mass is 395 g/mol. The van der Waals surface area contributed by atoms with Crippen LogP contribution in [-0.2, 0) is 18.4 Å². The molecule has 0 saturated carbocycles. The second-order valence-corrected chi connectivity index (χ2v) is 6.52. The molecule has 4 amide bonds. The fourth-order valence-electron chi connectivity index (χ4n) is 3.00. The molecule has 9 heteroatoms. The van der Waals surface area contributed by atoms with Gasteiger partial charge < -0.3 is 19.5 Å². The van der Waals surface area contributed by atoms with Gasteiger partial charge in [0.2, 0.25) is 6.41 Å². The SMILES string of the molecule is COc1ccc2c(c1)C(=O)N(C[C@@H](C#Cc1cnc(C)n1C)NC(=O)NC=O)C2. The molecule has 9 nitrogen and oxygen atoms in total. The lowest BCUT2D eigenvalue weighted by Crippen LogP contribution is -2.46. The summed E-state index contributed by atoms with van der Waals surface area (Å²) in [6.07, 6.45) is 1.92. The number of imidazole rings is 1. The molecular formula is C20H21N5O4. The largest absolute Gasteiger partial charge is 0.497 e. The van der Waals surface area contributed by atoms with Crippen molar-refractivity contribution in [1.82, 2.24) is 25.1 Å². The summed E-state index contributed by atoms with van der Waals surface area (Å²) in [6.45, 7) is 2.41. The van der Waals surface area contributed by atoms with Gasteiger partial charge in [-0.1, -0.05) is 12.0 Å². The lowest BCUT2D eigenvalue weighted by molar-refractivity contribution is -0.108. The van der Waals surface area contributed by atoms with E-state index in [-0.39, 0.29) is 18.9 Å². The number of imide groups is 1. The lowest BCUT2D eigenvalue weighted by atomic mass is 10.1. The summed E-state index contributed by atoms with van der Waals surface area (Å²) < 4.78 is 7.00. The minimum atomic E-state index is -0.690. The van der Waals surface area contributed by atoms with Gasteiger partial charge >= 0.3 is 6.03 Å². The maximum Gasteiger partial charge on any atom is 0.322 e. The smallest absolute Gasteiger partial charge is 0.322 e. The van der Waals surface area contributed by atoms with Crippen molar-refractivity contribution in [2.45, 2.75) is 19.5 Å². The summed E-state index contributed by atoms with van der Waals surface area (Å²) in [5.41, 5.74) is 2.11. The number of amides is 4. The predicted octanol–water partition coefficient (Wildman–Crippen LogP) is 0.569. The molecule has 1 aliphatic rings. The van der Waals surface area contributed by atoms with Gasteiger partial charge in [-0.25, -0.2) is 9.78 Å². The zero-order valence-corrected chi connectivity index (χ0v) is 16.4. The summed E-state index contributed by atoms with van der Waals surface area (Å²) in [6, 6.07) is 3.96. The van der Waals surface area contributed by atoms with E-state index in [1.165, 1.54) is 0 Å². The molecule has 2 heterocycles. The summed E-state index contributed by atoms with van der Waals surface area (Å²) in [5.74, 6) is 7.17. The Labute approximate surface area is 168 Å². The van der Waals surface area contributed by atoms with E-state index in [0.29, 0.717) is 23.6 Å². The molecule has 1 aromatic carbocycles. The molecule has 29 heavy (non-hydrogen) atoms. The second kappa shape index (κ2) is 8.48. The second-order valence-electron chi connectivity index (χ2n) is 6.52. The van der Waals surface area contributed by atoms with Crippen LogP contribution in [0.1, 0.15) is 27.4 Å². The number of hydrogen-bond donors (Lipinski definition) is 2. The van der Waals surface area contributed by atoms with Gasteiger partial charge in [0, 0.05) is 19.2 Å². The Morgan fingerprint density at radius 1 is 1.45 bits per heavy atom. The highest BCUT2D eigenvalue weighted by Gasteiger charge is 2.29. The number of aryl methyl sites for hydroxylation is 1. The highest BCUT2D eigenvalue weighted by Crippen LogP contribution is 2.26. The zero-order valence-electron chi connectivity index (χ0n) is 16.4. The van der Waals surface area contributed by atoms with Crippen LogP contribution < -0.4 is 15.4 Å². The molecule has 0 aliphatic carbocycles. The molecule has 3 rings (SSSR count). The predicted molar refractivity (Wildman–Crippen MR) is 104 cm³/mol. The fraction of sp³-hybridized carbons (Fsp3) is 0.300. The number of benzene rings is 1. The number of ether oxygens (including phenoxy) is 1. The number of fused-ring (bicyclic) bond motifs is 1. The first-order chi connectivity index (χ1) is 13.9. The van der Waals surface area contributed by atoms with E-state index < -0.39 is 12.1 Å².